The lowest BCUT2D eigenvalue weighted by Crippen LogP contribution is -2.24. The zero-order chi connectivity index (χ0) is 14.0. The van der Waals surface area contributed by atoms with E-state index in [4.69, 9.17) is 10.8 Å². The Morgan fingerprint density at radius 3 is 2.63 bits per heavy atom. The normalized spacial score (nSPS) is 21.3. The lowest BCUT2D eigenvalue weighted by Gasteiger charge is -2.12. The minimum absolute atomic E-state index is 0.144. The van der Waals surface area contributed by atoms with Crippen LogP contribution in [0.5, 0.6) is 5.75 Å². The second-order valence-corrected chi connectivity index (χ2v) is 4.42. The number of anilines is 1. The molecule has 5 N–H and O–H groups in total. The number of aromatic hydroxyl groups is 1. The van der Waals surface area contributed by atoms with Gasteiger partial charge in [0.2, 0.25) is 5.91 Å². The predicted molar refractivity (Wildman–Crippen MR) is 68.9 cm³/mol. The molecule has 1 aliphatic rings. The molecule has 6 nitrogen and oxygen atoms in total. The van der Waals surface area contributed by atoms with Gasteiger partial charge in [0, 0.05) is 6.04 Å². The van der Waals surface area contributed by atoms with Crippen LogP contribution in [-0.4, -0.2) is 28.1 Å². The maximum absolute atomic E-state index is 11.9. The molecule has 0 bridgehead atoms. The van der Waals surface area contributed by atoms with Gasteiger partial charge in [-0.05, 0) is 24.6 Å². The Balaban J connectivity index is 2.17. The van der Waals surface area contributed by atoms with Gasteiger partial charge < -0.3 is 21.3 Å². The molecule has 0 aromatic heterocycles. The van der Waals surface area contributed by atoms with Crippen LogP contribution in [0.1, 0.15) is 16.8 Å². The summed E-state index contributed by atoms with van der Waals surface area (Å²) in [5.41, 5.74) is 5.66. The number of rotatable bonds is 3. The third kappa shape index (κ3) is 2.92. The lowest BCUT2D eigenvalue weighted by molar-refractivity contribution is -0.118. The molecule has 0 saturated heterocycles. The Kier molecular flexibility index (Phi) is 3.52. The number of nitrogens with two attached hydrogens (primary N) is 1. The largest absolute Gasteiger partial charge is 0.508 e. The molecule has 1 aromatic carbocycles. The van der Waals surface area contributed by atoms with Crippen LogP contribution in [0.4, 0.5) is 5.69 Å². The molecule has 0 radical (unpaired) electrons. The van der Waals surface area contributed by atoms with E-state index in [2.05, 4.69) is 5.32 Å². The van der Waals surface area contributed by atoms with Crippen molar-refractivity contribution in [3.05, 3.63) is 35.9 Å². The molecule has 2 atom stereocenters. The molecule has 6 heteroatoms. The molecule has 100 valence electrons. The number of hydrogen-bond acceptors (Lipinski definition) is 4. The average molecular weight is 262 g/mol. The Hall–Kier alpha value is -2.34. The molecular formula is C13H14N2O4. The first-order valence-corrected chi connectivity index (χ1v) is 5.78. The number of hydrogen-bond donors (Lipinski definition) is 4. The Bertz CT molecular complexity index is 554. The number of aromatic carboxylic acids is 1. The first kappa shape index (κ1) is 13.1. The fourth-order valence-electron chi connectivity index (χ4n) is 1.97. The minimum atomic E-state index is -1.22. The maximum Gasteiger partial charge on any atom is 0.337 e. The third-order valence-electron chi connectivity index (χ3n) is 2.94. The van der Waals surface area contributed by atoms with E-state index in [1.54, 1.807) is 12.2 Å². The maximum atomic E-state index is 11.9. The fraction of sp³-hybridized carbons (Fsp3) is 0.231. The van der Waals surface area contributed by atoms with Gasteiger partial charge in [-0.3, -0.25) is 4.79 Å². The quantitative estimate of drug-likeness (QED) is 0.478. The summed E-state index contributed by atoms with van der Waals surface area (Å²) in [6, 6.07) is 3.62. The summed E-state index contributed by atoms with van der Waals surface area (Å²) < 4.78 is 0. The van der Waals surface area contributed by atoms with Crippen molar-refractivity contribution in [2.24, 2.45) is 11.7 Å². The minimum Gasteiger partial charge on any atom is -0.508 e. The number of phenols is 1. The van der Waals surface area contributed by atoms with Gasteiger partial charge in [0.15, 0.2) is 0 Å². The van der Waals surface area contributed by atoms with Crippen molar-refractivity contribution >= 4 is 17.6 Å². The topological polar surface area (TPSA) is 113 Å². The highest BCUT2D eigenvalue weighted by molar-refractivity contribution is 6.02. The molecular weight excluding hydrogens is 248 g/mol. The summed E-state index contributed by atoms with van der Waals surface area (Å²) in [5, 5.41) is 20.8. The van der Waals surface area contributed by atoms with Gasteiger partial charge in [-0.25, -0.2) is 4.79 Å². The van der Waals surface area contributed by atoms with E-state index in [0.717, 1.165) is 6.07 Å². The fourth-order valence-corrected chi connectivity index (χ4v) is 1.97. The summed E-state index contributed by atoms with van der Waals surface area (Å²) in [7, 11) is 0. The van der Waals surface area contributed by atoms with E-state index in [1.165, 1.54) is 12.1 Å². The van der Waals surface area contributed by atoms with Gasteiger partial charge in [-0.1, -0.05) is 12.2 Å². The van der Waals surface area contributed by atoms with Crippen LogP contribution in [0, 0.1) is 5.92 Å². The molecule has 1 aliphatic carbocycles. The van der Waals surface area contributed by atoms with Crippen LogP contribution >= 0.6 is 0 Å². The number of carbonyl (C=O) groups excluding carboxylic acids is 1. The number of carboxylic acid groups (broad SMARTS) is 1. The van der Waals surface area contributed by atoms with Crippen molar-refractivity contribution in [2.75, 3.05) is 5.32 Å². The smallest absolute Gasteiger partial charge is 0.337 e. The molecule has 0 heterocycles. The van der Waals surface area contributed by atoms with Crippen molar-refractivity contribution in [2.45, 2.75) is 12.5 Å². The van der Waals surface area contributed by atoms with E-state index in [1.807, 2.05) is 0 Å². The van der Waals surface area contributed by atoms with Gasteiger partial charge in [0.25, 0.3) is 0 Å². The van der Waals surface area contributed by atoms with Crippen molar-refractivity contribution in [3.63, 3.8) is 0 Å². The highest BCUT2D eigenvalue weighted by atomic mass is 16.4. The highest BCUT2D eigenvalue weighted by Crippen LogP contribution is 2.24. The molecule has 0 spiro atoms. The highest BCUT2D eigenvalue weighted by Gasteiger charge is 2.24. The number of carboxylic acids is 1. The second-order valence-electron chi connectivity index (χ2n) is 4.42. The van der Waals surface area contributed by atoms with Crippen LogP contribution in [-0.2, 0) is 4.79 Å². The van der Waals surface area contributed by atoms with Gasteiger partial charge in [-0.15, -0.1) is 0 Å². The number of benzene rings is 1. The molecule has 2 unspecified atom stereocenters. The molecule has 1 aromatic rings. The number of amides is 1. The van der Waals surface area contributed by atoms with E-state index < -0.39 is 5.97 Å². The van der Waals surface area contributed by atoms with E-state index in [0.29, 0.717) is 6.42 Å². The van der Waals surface area contributed by atoms with Crippen molar-refractivity contribution in [1.82, 2.24) is 0 Å². The zero-order valence-electron chi connectivity index (χ0n) is 10.0. The lowest BCUT2D eigenvalue weighted by atomic mass is 10.1. The number of nitrogens with one attached hydrogen (secondary N) is 1. The molecule has 0 fully saturated rings. The average Bonchev–Trinajstić information content (AvgIpc) is 2.78. The summed E-state index contributed by atoms with van der Waals surface area (Å²) in [4.78, 5) is 23.0. The van der Waals surface area contributed by atoms with Gasteiger partial charge in [0.05, 0.1) is 17.2 Å². The monoisotopic (exact) mass is 262 g/mol. The number of phenolic OH excluding ortho intramolecular Hbond substituents is 1. The van der Waals surface area contributed by atoms with E-state index in [9.17, 15) is 14.7 Å². The van der Waals surface area contributed by atoms with Crippen molar-refractivity contribution < 1.29 is 19.8 Å². The number of carbonyl (C=O) groups is 2. The first-order chi connectivity index (χ1) is 8.97. The van der Waals surface area contributed by atoms with Crippen LogP contribution in [0.15, 0.2) is 30.4 Å². The predicted octanol–water partition coefficient (Wildman–Crippen LogP) is 0.932. The first-order valence-electron chi connectivity index (χ1n) is 5.78. The zero-order valence-corrected chi connectivity index (χ0v) is 10.0. The Morgan fingerprint density at radius 1 is 1.32 bits per heavy atom. The van der Waals surface area contributed by atoms with Crippen molar-refractivity contribution in [1.29, 1.82) is 0 Å². The summed E-state index contributed by atoms with van der Waals surface area (Å²) in [6.07, 6.45) is 3.96. The van der Waals surface area contributed by atoms with Crippen LogP contribution in [0.3, 0.4) is 0 Å². The standard InChI is InChI=1S/C13H14N2O4/c14-8-2-1-7(5-8)12(17)15-11-4-3-9(16)6-10(11)13(18)19/h1-4,6-8,16H,5,14H2,(H,15,17)(H,18,19). The SMILES string of the molecule is NC1C=CC(C(=O)Nc2ccc(O)cc2C(=O)O)C1. The van der Waals surface area contributed by atoms with Gasteiger partial charge in [0.1, 0.15) is 5.75 Å². The van der Waals surface area contributed by atoms with Crippen LogP contribution in [0.25, 0.3) is 0 Å². The van der Waals surface area contributed by atoms with E-state index >= 15 is 0 Å². The Labute approximate surface area is 109 Å². The van der Waals surface area contributed by atoms with Gasteiger partial charge in [-0.2, -0.15) is 0 Å². The van der Waals surface area contributed by atoms with Crippen LogP contribution in [0.2, 0.25) is 0 Å². The molecule has 0 aliphatic heterocycles. The summed E-state index contributed by atoms with van der Waals surface area (Å²) in [6.45, 7) is 0. The van der Waals surface area contributed by atoms with Crippen molar-refractivity contribution in [3.8, 4) is 5.75 Å². The Morgan fingerprint density at radius 2 is 2.05 bits per heavy atom. The summed E-state index contributed by atoms with van der Waals surface area (Å²) >= 11 is 0. The molecule has 1 amide bonds. The second kappa shape index (κ2) is 5.11. The van der Waals surface area contributed by atoms with Gasteiger partial charge >= 0.3 is 5.97 Å². The van der Waals surface area contributed by atoms with Crippen LogP contribution < -0.4 is 11.1 Å². The molecule has 2 rings (SSSR count). The summed E-state index contributed by atoms with van der Waals surface area (Å²) in [5.74, 6) is -2.05. The molecule has 0 saturated carbocycles. The third-order valence-corrected chi connectivity index (χ3v) is 2.94. The molecule has 19 heavy (non-hydrogen) atoms. The van der Waals surface area contributed by atoms with E-state index in [-0.39, 0.29) is 34.9 Å².